The third-order valence-electron chi connectivity index (χ3n) is 5.52. The van der Waals surface area contributed by atoms with Crippen LogP contribution in [0.3, 0.4) is 0 Å². The zero-order chi connectivity index (χ0) is 24.3. The summed E-state index contributed by atoms with van der Waals surface area (Å²) in [6, 6.07) is 13.2. The molecular weight excluding hydrogens is 472 g/mol. The van der Waals surface area contributed by atoms with Crippen molar-refractivity contribution in [2.24, 2.45) is 5.92 Å². The Labute approximate surface area is 202 Å². The highest BCUT2D eigenvalue weighted by molar-refractivity contribution is 7.91. The van der Waals surface area contributed by atoms with E-state index in [9.17, 15) is 18.0 Å². The Balaban J connectivity index is 1.35. The number of benzene rings is 2. The quantitative estimate of drug-likeness (QED) is 0.480. The SMILES string of the molecule is CCN(C(=O)c1ccc(NC(=O)Cc2ccc(S(=O)(=O)CC3CC3)cc2)cc1)c1nnc(C)s1. The predicted octanol–water partition coefficient (Wildman–Crippen LogP) is 3.88. The Kier molecular flexibility index (Phi) is 7.08. The molecule has 1 aliphatic carbocycles. The molecule has 0 radical (unpaired) electrons. The third-order valence-corrected chi connectivity index (χ3v) is 8.28. The van der Waals surface area contributed by atoms with Gasteiger partial charge in [-0.1, -0.05) is 23.5 Å². The van der Waals surface area contributed by atoms with Crippen LogP contribution in [-0.2, 0) is 21.1 Å². The Morgan fingerprint density at radius 1 is 1.06 bits per heavy atom. The molecule has 178 valence electrons. The standard InChI is InChI=1S/C24H26N4O4S2/c1-3-28(24-27-26-16(2)33-24)23(30)19-8-10-20(11-9-19)25-22(29)14-17-6-12-21(13-7-17)34(31,32)15-18-4-5-18/h6-13,18H,3-5,14-15H2,1-2H3,(H,25,29). The minimum Gasteiger partial charge on any atom is -0.326 e. The molecule has 0 bridgehead atoms. The second-order valence-electron chi connectivity index (χ2n) is 8.32. The molecule has 0 atom stereocenters. The van der Waals surface area contributed by atoms with E-state index < -0.39 is 9.84 Å². The van der Waals surface area contributed by atoms with Crippen molar-refractivity contribution < 1.29 is 18.0 Å². The smallest absolute Gasteiger partial charge is 0.260 e. The molecule has 1 aliphatic rings. The van der Waals surface area contributed by atoms with Crippen LogP contribution in [0.15, 0.2) is 53.4 Å². The van der Waals surface area contributed by atoms with Crippen LogP contribution in [0.25, 0.3) is 0 Å². The first-order valence-electron chi connectivity index (χ1n) is 11.1. The van der Waals surface area contributed by atoms with Crippen LogP contribution in [0.4, 0.5) is 10.8 Å². The van der Waals surface area contributed by atoms with Crippen LogP contribution < -0.4 is 10.2 Å². The molecule has 8 nitrogen and oxygen atoms in total. The van der Waals surface area contributed by atoms with E-state index in [1.165, 1.54) is 11.3 Å². The van der Waals surface area contributed by atoms with Crippen LogP contribution in [0, 0.1) is 12.8 Å². The van der Waals surface area contributed by atoms with Gasteiger partial charge in [-0.25, -0.2) is 8.42 Å². The van der Waals surface area contributed by atoms with E-state index in [0.717, 1.165) is 23.4 Å². The molecule has 1 N–H and O–H groups in total. The topological polar surface area (TPSA) is 109 Å². The van der Waals surface area contributed by atoms with Crippen LogP contribution in [0.2, 0.25) is 0 Å². The molecule has 0 unspecified atom stereocenters. The van der Waals surface area contributed by atoms with Crippen molar-refractivity contribution in [2.45, 2.75) is 38.0 Å². The number of hydrogen-bond donors (Lipinski definition) is 1. The minimum absolute atomic E-state index is 0.115. The lowest BCUT2D eigenvalue weighted by molar-refractivity contribution is -0.115. The number of anilines is 2. The summed E-state index contributed by atoms with van der Waals surface area (Å²) >= 11 is 1.36. The summed E-state index contributed by atoms with van der Waals surface area (Å²) in [5.41, 5.74) is 1.77. The van der Waals surface area contributed by atoms with Crippen molar-refractivity contribution in [1.82, 2.24) is 10.2 Å². The molecule has 4 rings (SSSR count). The zero-order valence-electron chi connectivity index (χ0n) is 19.0. The largest absolute Gasteiger partial charge is 0.326 e. The summed E-state index contributed by atoms with van der Waals surface area (Å²) in [6.07, 6.45) is 2.07. The normalized spacial score (nSPS) is 13.5. The lowest BCUT2D eigenvalue weighted by atomic mass is 10.1. The molecule has 0 aliphatic heterocycles. The minimum atomic E-state index is -3.27. The van der Waals surface area contributed by atoms with Gasteiger partial charge in [-0.3, -0.25) is 14.5 Å². The van der Waals surface area contributed by atoms with E-state index in [2.05, 4.69) is 15.5 Å². The molecule has 1 saturated carbocycles. The van der Waals surface area contributed by atoms with E-state index in [1.807, 2.05) is 13.8 Å². The van der Waals surface area contributed by atoms with Gasteiger partial charge < -0.3 is 5.32 Å². The van der Waals surface area contributed by atoms with Crippen LogP contribution in [0.1, 0.15) is 40.7 Å². The highest BCUT2D eigenvalue weighted by Crippen LogP contribution is 2.32. The first kappa shape index (κ1) is 24.0. The Morgan fingerprint density at radius 3 is 2.29 bits per heavy atom. The molecule has 10 heteroatoms. The molecule has 1 fully saturated rings. The number of sulfone groups is 1. The van der Waals surface area contributed by atoms with Gasteiger partial charge in [0.05, 0.1) is 17.1 Å². The van der Waals surface area contributed by atoms with E-state index in [0.29, 0.717) is 27.8 Å². The number of nitrogens with one attached hydrogen (secondary N) is 1. The second-order valence-corrected chi connectivity index (χ2v) is 11.5. The molecule has 2 aromatic carbocycles. The van der Waals surface area contributed by atoms with Gasteiger partial charge in [0.25, 0.3) is 5.91 Å². The average Bonchev–Trinajstić information content (AvgIpc) is 3.51. The number of aryl methyl sites for hydroxylation is 1. The highest BCUT2D eigenvalue weighted by atomic mass is 32.2. The van der Waals surface area contributed by atoms with Gasteiger partial charge in [-0.2, -0.15) is 0 Å². The van der Waals surface area contributed by atoms with Crippen molar-refractivity contribution in [1.29, 1.82) is 0 Å². The van der Waals surface area contributed by atoms with Gasteiger partial charge in [-0.15, -0.1) is 10.2 Å². The van der Waals surface area contributed by atoms with Crippen LogP contribution >= 0.6 is 11.3 Å². The van der Waals surface area contributed by atoms with E-state index in [4.69, 9.17) is 0 Å². The summed E-state index contributed by atoms with van der Waals surface area (Å²) in [4.78, 5) is 27.2. The lowest BCUT2D eigenvalue weighted by Crippen LogP contribution is -2.30. The van der Waals surface area contributed by atoms with Crippen LogP contribution in [0.5, 0.6) is 0 Å². The maximum absolute atomic E-state index is 12.9. The van der Waals surface area contributed by atoms with Crippen molar-refractivity contribution >= 4 is 43.8 Å². The number of rotatable bonds is 9. The molecule has 34 heavy (non-hydrogen) atoms. The molecule has 2 amide bonds. The molecule has 1 heterocycles. The monoisotopic (exact) mass is 498 g/mol. The number of hydrogen-bond acceptors (Lipinski definition) is 7. The highest BCUT2D eigenvalue weighted by Gasteiger charge is 2.29. The van der Waals surface area contributed by atoms with Gasteiger partial charge in [0, 0.05) is 17.8 Å². The lowest BCUT2D eigenvalue weighted by Gasteiger charge is -2.17. The number of carbonyl (C=O) groups is 2. The third kappa shape index (κ3) is 5.87. The molecule has 1 aromatic heterocycles. The number of aromatic nitrogens is 2. The van der Waals surface area contributed by atoms with Crippen molar-refractivity contribution in [3.63, 3.8) is 0 Å². The molecule has 0 spiro atoms. The zero-order valence-corrected chi connectivity index (χ0v) is 20.7. The Hall–Kier alpha value is -3.11. The molecule has 3 aromatic rings. The summed E-state index contributed by atoms with van der Waals surface area (Å²) in [7, 11) is -3.27. The van der Waals surface area contributed by atoms with Crippen molar-refractivity contribution in [2.75, 3.05) is 22.5 Å². The van der Waals surface area contributed by atoms with Gasteiger partial charge >= 0.3 is 0 Å². The maximum atomic E-state index is 12.9. The molecular formula is C24H26N4O4S2. The summed E-state index contributed by atoms with van der Waals surface area (Å²) < 4.78 is 24.7. The first-order chi connectivity index (χ1) is 16.2. The predicted molar refractivity (Wildman–Crippen MR) is 132 cm³/mol. The van der Waals surface area contributed by atoms with E-state index in [-0.39, 0.29) is 29.9 Å². The fourth-order valence-corrected chi connectivity index (χ4v) is 5.96. The second kappa shape index (κ2) is 10.0. The van der Waals surface area contributed by atoms with E-state index in [1.54, 1.807) is 53.4 Å². The van der Waals surface area contributed by atoms with E-state index >= 15 is 0 Å². The molecule has 0 saturated heterocycles. The van der Waals surface area contributed by atoms with Gasteiger partial charge in [0.1, 0.15) is 5.01 Å². The van der Waals surface area contributed by atoms with Crippen molar-refractivity contribution in [3.05, 3.63) is 64.7 Å². The fraction of sp³-hybridized carbons (Fsp3) is 0.333. The number of nitrogens with zero attached hydrogens (tertiary/aromatic N) is 3. The van der Waals surface area contributed by atoms with Crippen molar-refractivity contribution in [3.8, 4) is 0 Å². The van der Waals surface area contributed by atoms with Gasteiger partial charge in [-0.05, 0) is 74.6 Å². The first-order valence-corrected chi connectivity index (χ1v) is 13.6. The summed E-state index contributed by atoms with van der Waals surface area (Å²) in [5, 5.41) is 12.2. The average molecular weight is 499 g/mol. The summed E-state index contributed by atoms with van der Waals surface area (Å²) in [6.45, 7) is 4.17. The number of carbonyl (C=O) groups excluding carboxylic acids is 2. The van der Waals surface area contributed by atoms with Crippen LogP contribution in [-0.4, -0.2) is 42.7 Å². The number of amides is 2. The maximum Gasteiger partial charge on any atom is 0.260 e. The van der Waals surface area contributed by atoms with Gasteiger partial charge in [0.15, 0.2) is 9.84 Å². The van der Waals surface area contributed by atoms with Gasteiger partial charge in [0.2, 0.25) is 11.0 Å². The Bertz CT molecular complexity index is 1280. The Morgan fingerprint density at radius 2 is 1.74 bits per heavy atom. The fourth-order valence-electron chi connectivity index (χ4n) is 3.51. The summed E-state index contributed by atoms with van der Waals surface area (Å²) in [5.74, 6) is 0.0676.